The van der Waals surface area contributed by atoms with Crippen LogP contribution < -0.4 is 0 Å². The Morgan fingerprint density at radius 2 is 1.82 bits per heavy atom. The lowest BCUT2D eigenvalue weighted by Gasteiger charge is -2.24. The van der Waals surface area contributed by atoms with Crippen molar-refractivity contribution >= 4 is 33.3 Å². The maximum Gasteiger partial charge on any atom is 0.0563 e. The standard InChI is InChI=1S/C37H35N/c1-6-11-26(7-2)27(8-3)22-33-25(5)38(36-19-14-24(4)20-35(33)36)31-18-17-29-21-30-16-15-28-12-9-10-13-32(28)37(30)34(29)23-31/h6-20,22,31H,3,21,23H2,1-2,4-5H3/b11-6-,26-7+,27-22+. The number of nitrogens with zero attached hydrogens (tertiary/aromatic N) is 1. The van der Waals surface area contributed by atoms with Crippen LogP contribution in [-0.2, 0) is 6.42 Å². The summed E-state index contributed by atoms with van der Waals surface area (Å²) in [6.45, 7) is 12.8. The number of hydrogen-bond donors (Lipinski definition) is 0. The van der Waals surface area contributed by atoms with E-state index in [1.165, 1.54) is 66.3 Å². The molecule has 0 saturated heterocycles. The summed E-state index contributed by atoms with van der Waals surface area (Å²) in [5.41, 5.74) is 13.4. The quantitative estimate of drug-likeness (QED) is 0.244. The Morgan fingerprint density at radius 1 is 0.974 bits per heavy atom. The van der Waals surface area contributed by atoms with Crippen molar-refractivity contribution in [2.75, 3.05) is 0 Å². The van der Waals surface area contributed by atoms with Crippen LogP contribution in [0.3, 0.4) is 0 Å². The van der Waals surface area contributed by atoms with Gasteiger partial charge in [-0.1, -0.05) is 91.1 Å². The van der Waals surface area contributed by atoms with E-state index in [0.29, 0.717) is 0 Å². The molecule has 1 unspecified atom stereocenters. The van der Waals surface area contributed by atoms with Crippen LogP contribution in [0.2, 0.25) is 0 Å². The Kier molecular flexibility index (Phi) is 6.16. The zero-order chi connectivity index (χ0) is 26.4. The number of benzene rings is 3. The normalized spacial score (nSPS) is 17.6. The van der Waals surface area contributed by atoms with Gasteiger partial charge in [0, 0.05) is 22.2 Å². The summed E-state index contributed by atoms with van der Waals surface area (Å²) in [7, 11) is 0. The van der Waals surface area contributed by atoms with E-state index >= 15 is 0 Å². The lowest BCUT2D eigenvalue weighted by atomic mass is 9.90. The minimum Gasteiger partial charge on any atom is -0.337 e. The molecule has 6 rings (SSSR count). The fourth-order valence-electron chi connectivity index (χ4n) is 6.51. The molecule has 1 atom stereocenters. The first-order chi connectivity index (χ1) is 18.5. The summed E-state index contributed by atoms with van der Waals surface area (Å²) in [5, 5.41) is 4.02. The predicted molar refractivity (Wildman–Crippen MR) is 166 cm³/mol. The van der Waals surface area contributed by atoms with Gasteiger partial charge in [-0.25, -0.2) is 0 Å². The first-order valence-corrected chi connectivity index (χ1v) is 13.7. The van der Waals surface area contributed by atoms with Gasteiger partial charge in [-0.2, -0.15) is 0 Å². The summed E-state index contributed by atoms with van der Waals surface area (Å²) >= 11 is 0. The van der Waals surface area contributed by atoms with Gasteiger partial charge in [0.2, 0.25) is 0 Å². The largest absolute Gasteiger partial charge is 0.337 e. The number of allylic oxidation sites excluding steroid dienone is 10. The van der Waals surface area contributed by atoms with Crippen molar-refractivity contribution in [2.24, 2.45) is 0 Å². The molecule has 0 spiro atoms. The van der Waals surface area contributed by atoms with Gasteiger partial charge >= 0.3 is 0 Å². The van der Waals surface area contributed by atoms with Gasteiger partial charge in [0.1, 0.15) is 0 Å². The van der Waals surface area contributed by atoms with Crippen molar-refractivity contribution < 1.29 is 0 Å². The Bertz CT molecular complexity index is 1760. The molecule has 1 heterocycles. The van der Waals surface area contributed by atoms with Crippen molar-refractivity contribution in [1.29, 1.82) is 0 Å². The molecular weight excluding hydrogens is 458 g/mol. The zero-order valence-electron chi connectivity index (χ0n) is 22.9. The zero-order valence-corrected chi connectivity index (χ0v) is 22.9. The molecule has 1 heteroatoms. The van der Waals surface area contributed by atoms with Crippen LogP contribution in [-0.4, -0.2) is 4.57 Å². The summed E-state index contributed by atoms with van der Waals surface area (Å²) in [5.74, 6) is 0. The first kappa shape index (κ1) is 24.2. The van der Waals surface area contributed by atoms with Crippen molar-refractivity contribution in [3.8, 4) is 0 Å². The highest BCUT2D eigenvalue weighted by Gasteiger charge is 2.29. The molecule has 1 nitrogen and oxygen atoms in total. The van der Waals surface area contributed by atoms with E-state index in [9.17, 15) is 0 Å². The molecule has 3 aromatic carbocycles. The second-order valence-corrected chi connectivity index (χ2v) is 10.6. The molecular formula is C37H35N. The monoisotopic (exact) mass is 493 g/mol. The maximum absolute atomic E-state index is 4.15. The smallest absolute Gasteiger partial charge is 0.0563 e. The summed E-state index contributed by atoms with van der Waals surface area (Å²) in [4.78, 5) is 0. The molecule has 188 valence electrons. The minimum atomic E-state index is 0.273. The number of aromatic nitrogens is 1. The van der Waals surface area contributed by atoms with Gasteiger partial charge in [-0.05, 0) is 103 Å². The topological polar surface area (TPSA) is 4.93 Å². The Labute approximate surface area is 226 Å². The Hall–Kier alpha value is -4.10. The molecule has 0 saturated carbocycles. The Morgan fingerprint density at radius 3 is 2.61 bits per heavy atom. The third kappa shape index (κ3) is 3.85. The minimum absolute atomic E-state index is 0.273. The van der Waals surface area contributed by atoms with Gasteiger partial charge in [-0.3, -0.25) is 0 Å². The average molecular weight is 494 g/mol. The molecule has 0 bridgehead atoms. The van der Waals surface area contributed by atoms with Crippen LogP contribution in [0.1, 0.15) is 54.3 Å². The number of rotatable bonds is 5. The SMILES string of the molecule is C=CC(=C\c1c(C)n(C2C=CC3=C(C2)c2c(ccc4ccccc24)C3)c2ccc(C)cc12)/C(/C=C\C)=C/C. The molecule has 0 amide bonds. The maximum atomic E-state index is 4.15. The third-order valence-electron chi connectivity index (χ3n) is 8.31. The van der Waals surface area contributed by atoms with Gasteiger partial charge in [0.05, 0.1) is 6.04 Å². The number of fused-ring (bicyclic) bond motifs is 5. The highest BCUT2D eigenvalue weighted by molar-refractivity contribution is 5.99. The molecule has 2 aliphatic rings. The lowest BCUT2D eigenvalue weighted by molar-refractivity contribution is 0.620. The molecule has 2 aliphatic carbocycles. The number of aryl methyl sites for hydroxylation is 1. The van der Waals surface area contributed by atoms with Crippen molar-refractivity contribution in [3.05, 3.63) is 142 Å². The van der Waals surface area contributed by atoms with E-state index in [-0.39, 0.29) is 6.04 Å². The highest BCUT2D eigenvalue weighted by Crippen LogP contribution is 2.46. The average Bonchev–Trinajstić information content (AvgIpc) is 3.44. The van der Waals surface area contributed by atoms with Gasteiger partial charge in [-0.15, -0.1) is 0 Å². The van der Waals surface area contributed by atoms with E-state index in [4.69, 9.17) is 0 Å². The molecule has 4 aromatic rings. The summed E-state index contributed by atoms with van der Waals surface area (Å²) < 4.78 is 2.57. The highest BCUT2D eigenvalue weighted by atomic mass is 15.0. The summed E-state index contributed by atoms with van der Waals surface area (Å²) in [6.07, 6.45) is 17.6. The number of hydrogen-bond acceptors (Lipinski definition) is 0. The molecule has 0 fully saturated rings. The van der Waals surface area contributed by atoms with E-state index in [1.54, 1.807) is 0 Å². The van der Waals surface area contributed by atoms with Crippen molar-refractivity contribution in [2.45, 2.75) is 46.6 Å². The van der Waals surface area contributed by atoms with E-state index < -0.39 is 0 Å². The fourth-order valence-corrected chi connectivity index (χ4v) is 6.51. The molecule has 0 aliphatic heterocycles. The lowest BCUT2D eigenvalue weighted by Crippen LogP contribution is -2.11. The van der Waals surface area contributed by atoms with Gasteiger partial charge < -0.3 is 4.57 Å². The Balaban J connectivity index is 1.49. The van der Waals surface area contributed by atoms with Crippen LogP contribution in [0.4, 0.5) is 0 Å². The second-order valence-electron chi connectivity index (χ2n) is 10.6. The van der Waals surface area contributed by atoms with Crippen molar-refractivity contribution in [3.63, 3.8) is 0 Å². The molecule has 38 heavy (non-hydrogen) atoms. The predicted octanol–water partition coefficient (Wildman–Crippen LogP) is 10.0. The molecule has 0 radical (unpaired) electrons. The van der Waals surface area contributed by atoms with Crippen LogP contribution >= 0.6 is 0 Å². The van der Waals surface area contributed by atoms with E-state index in [1.807, 2.05) is 6.08 Å². The van der Waals surface area contributed by atoms with Crippen molar-refractivity contribution in [1.82, 2.24) is 4.57 Å². The molecule has 0 N–H and O–H groups in total. The van der Waals surface area contributed by atoms with Crippen LogP contribution in [0, 0.1) is 13.8 Å². The fraction of sp³-hybridized carbons (Fsp3) is 0.189. The second kappa shape index (κ2) is 9.65. The van der Waals surface area contributed by atoms with Gasteiger partial charge in [0.25, 0.3) is 0 Å². The van der Waals surface area contributed by atoms with Crippen LogP contribution in [0.15, 0.2) is 114 Å². The van der Waals surface area contributed by atoms with E-state index in [2.05, 4.69) is 130 Å². The van der Waals surface area contributed by atoms with Gasteiger partial charge in [0.15, 0.2) is 0 Å². The summed E-state index contributed by atoms with van der Waals surface area (Å²) in [6, 6.07) is 20.6. The first-order valence-electron chi connectivity index (χ1n) is 13.7. The van der Waals surface area contributed by atoms with Crippen LogP contribution in [0.5, 0.6) is 0 Å². The third-order valence-corrected chi connectivity index (χ3v) is 8.31. The molecule has 1 aromatic heterocycles. The van der Waals surface area contributed by atoms with Crippen LogP contribution in [0.25, 0.3) is 33.3 Å². The van der Waals surface area contributed by atoms with E-state index in [0.717, 1.165) is 18.4 Å².